The summed E-state index contributed by atoms with van der Waals surface area (Å²) in [6.45, 7) is 1.52. The molecule has 0 fully saturated rings. The number of fused-ring (bicyclic) bond motifs is 1. The molecule has 0 bridgehead atoms. The first kappa shape index (κ1) is 13.5. The second-order valence-electron chi connectivity index (χ2n) is 4.53. The van der Waals surface area contributed by atoms with Crippen molar-refractivity contribution in [1.82, 2.24) is 4.90 Å². The number of ether oxygens (including phenoxy) is 2. The topological polar surface area (TPSA) is 55.8 Å². The van der Waals surface area contributed by atoms with Gasteiger partial charge in [-0.15, -0.1) is 0 Å². The fraction of sp³-hybridized carbons (Fsp3) is 0.429. The summed E-state index contributed by atoms with van der Waals surface area (Å²) in [5.74, 6) is -0.416. The zero-order chi connectivity index (χ0) is 13.8. The van der Waals surface area contributed by atoms with Gasteiger partial charge in [-0.1, -0.05) is 6.07 Å². The van der Waals surface area contributed by atoms with Gasteiger partial charge in [0, 0.05) is 19.2 Å². The van der Waals surface area contributed by atoms with Gasteiger partial charge in [-0.25, -0.2) is 0 Å². The van der Waals surface area contributed by atoms with Crippen molar-refractivity contribution in [2.75, 3.05) is 20.7 Å². The van der Waals surface area contributed by atoms with Crippen molar-refractivity contribution in [2.24, 2.45) is 0 Å². The molecule has 0 radical (unpaired) electrons. The van der Waals surface area contributed by atoms with Crippen molar-refractivity contribution in [3.63, 3.8) is 0 Å². The fourth-order valence-electron chi connectivity index (χ4n) is 1.99. The minimum Gasteiger partial charge on any atom is -0.469 e. The highest BCUT2D eigenvalue weighted by Gasteiger charge is 2.17. The number of amides is 1. The molecular formula is C14H17NO4. The maximum Gasteiger partial charge on any atom is 0.307 e. The van der Waals surface area contributed by atoms with E-state index in [-0.39, 0.29) is 18.3 Å². The van der Waals surface area contributed by atoms with Gasteiger partial charge in [0.2, 0.25) is 0 Å². The van der Waals surface area contributed by atoms with E-state index in [1.54, 1.807) is 13.1 Å². The summed E-state index contributed by atoms with van der Waals surface area (Å²) < 4.78 is 9.87. The molecule has 1 amide bonds. The summed E-state index contributed by atoms with van der Waals surface area (Å²) in [5.41, 5.74) is 2.82. The van der Waals surface area contributed by atoms with Crippen molar-refractivity contribution in [1.29, 1.82) is 0 Å². The third kappa shape index (κ3) is 3.12. The van der Waals surface area contributed by atoms with Gasteiger partial charge in [0.1, 0.15) is 0 Å². The van der Waals surface area contributed by atoms with Crippen LogP contribution in [0.4, 0.5) is 0 Å². The van der Waals surface area contributed by atoms with Crippen LogP contribution in [0.3, 0.4) is 0 Å². The molecule has 0 saturated heterocycles. The molecule has 0 N–H and O–H groups in total. The molecule has 1 heterocycles. The first-order valence-electron chi connectivity index (χ1n) is 6.13. The fourth-order valence-corrected chi connectivity index (χ4v) is 1.99. The van der Waals surface area contributed by atoms with E-state index in [4.69, 9.17) is 4.74 Å². The molecular weight excluding hydrogens is 246 g/mol. The summed E-state index contributed by atoms with van der Waals surface area (Å²) in [5, 5.41) is 0. The first-order chi connectivity index (χ1) is 9.11. The van der Waals surface area contributed by atoms with E-state index in [1.165, 1.54) is 12.0 Å². The molecule has 2 rings (SSSR count). The average molecular weight is 263 g/mol. The summed E-state index contributed by atoms with van der Waals surface area (Å²) in [6.07, 6.45) is 0.201. The number of rotatable bonds is 4. The van der Waals surface area contributed by atoms with Gasteiger partial charge in [-0.3, -0.25) is 9.59 Å². The molecule has 5 nitrogen and oxygen atoms in total. The smallest absolute Gasteiger partial charge is 0.307 e. The minimum absolute atomic E-state index is 0.0985. The van der Waals surface area contributed by atoms with Crippen molar-refractivity contribution in [3.8, 4) is 0 Å². The largest absolute Gasteiger partial charge is 0.469 e. The highest BCUT2D eigenvalue weighted by molar-refractivity contribution is 5.94. The van der Waals surface area contributed by atoms with Gasteiger partial charge < -0.3 is 14.4 Å². The number of hydrogen-bond acceptors (Lipinski definition) is 4. The van der Waals surface area contributed by atoms with Gasteiger partial charge in [0.15, 0.2) is 0 Å². The lowest BCUT2D eigenvalue weighted by atomic mass is 10.1. The average Bonchev–Trinajstić information content (AvgIpc) is 2.90. The van der Waals surface area contributed by atoms with Crippen molar-refractivity contribution < 1.29 is 19.1 Å². The van der Waals surface area contributed by atoms with Crippen LogP contribution < -0.4 is 0 Å². The van der Waals surface area contributed by atoms with Crippen molar-refractivity contribution in [2.45, 2.75) is 19.6 Å². The van der Waals surface area contributed by atoms with Crippen LogP contribution in [0, 0.1) is 0 Å². The number of carbonyl (C=O) groups is 2. The molecule has 1 aliphatic rings. The van der Waals surface area contributed by atoms with Crippen LogP contribution in [0.2, 0.25) is 0 Å². The van der Waals surface area contributed by atoms with Crippen molar-refractivity contribution >= 4 is 11.9 Å². The Morgan fingerprint density at radius 3 is 2.79 bits per heavy atom. The predicted octanol–water partition coefficient (Wildman–Crippen LogP) is 1.35. The second-order valence-corrected chi connectivity index (χ2v) is 4.53. The minimum atomic E-state index is -0.318. The van der Waals surface area contributed by atoms with Crippen LogP contribution in [0.5, 0.6) is 0 Å². The Balaban J connectivity index is 2.01. The molecule has 0 unspecified atom stereocenters. The van der Waals surface area contributed by atoms with Gasteiger partial charge in [0.25, 0.3) is 5.91 Å². The van der Waals surface area contributed by atoms with E-state index < -0.39 is 0 Å². The summed E-state index contributed by atoms with van der Waals surface area (Å²) in [4.78, 5) is 24.8. The van der Waals surface area contributed by atoms with Crippen LogP contribution in [0.1, 0.15) is 27.9 Å². The maximum absolute atomic E-state index is 12.2. The van der Waals surface area contributed by atoms with Gasteiger partial charge >= 0.3 is 5.97 Å². The maximum atomic E-state index is 12.2. The number of methoxy groups -OCH3 is 1. The highest BCUT2D eigenvalue weighted by atomic mass is 16.5. The monoisotopic (exact) mass is 263 g/mol. The quantitative estimate of drug-likeness (QED) is 0.769. The third-order valence-corrected chi connectivity index (χ3v) is 3.19. The van der Waals surface area contributed by atoms with Crippen LogP contribution in [0.25, 0.3) is 0 Å². The van der Waals surface area contributed by atoms with Crippen LogP contribution in [-0.2, 0) is 27.5 Å². The Hall–Kier alpha value is -1.88. The normalized spacial score (nSPS) is 12.9. The number of hydrogen-bond donors (Lipinski definition) is 0. The molecule has 0 atom stereocenters. The Bertz CT molecular complexity index is 498. The lowest BCUT2D eigenvalue weighted by Crippen LogP contribution is -2.29. The molecule has 19 heavy (non-hydrogen) atoms. The van der Waals surface area contributed by atoms with Crippen LogP contribution in [0.15, 0.2) is 18.2 Å². The highest BCUT2D eigenvalue weighted by Crippen LogP contribution is 2.21. The molecule has 1 aromatic carbocycles. The van der Waals surface area contributed by atoms with Gasteiger partial charge in [-0.05, 0) is 23.3 Å². The van der Waals surface area contributed by atoms with Crippen molar-refractivity contribution in [3.05, 3.63) is 34.9 Å². The molecule has 5 heteroatoms. The zero-order valence-corrected chi connectivity index (χ0v) is 11.1. The Kier molecular flexibility index (Phi) is 4.16. The molecule has 102 valence electrons. The van der Waals surface area contributed by atoms with Gasteiger partial charge in [-0.2, -0.15) is 0 Å². The second kappa shape index (κ2) is 5.84. The molecule has 0 saturated carbocycles. The van der Waals surface area contributed by atoms with E-state index in [0.717, 1.165) is 11.1 Å². The Labute approximate surface area is 112 Å². The van der Waals surface area contributed by atoms with E-state index in [2.05, 4.69) is 4.74 Å². The van der Waals surface area contributed by atoms with E-state index in [9.17, 15) is 9.59 Å². The van der Waals surface area contributed by atoms with Crippen LogP contribution in [-0.4, -0.2) is 37.5 Å². The first-order valence-corrected chi connectivity index (χ1v) is 6.13. The predicted molar refractivity (Wildman–Crippen MR) is 68.5 cm³/mol. The molecule has 0 aromatic heterocycles. The van der Waals surface area contributed by atoms with Crippen LogP contribution >= 0.6 is 0 Å². The van der Waals surface area contributed by atoms with Gasteiger partial charge in [0.05, 0.1) is 26.7 Å². The lowest BCUT2D eigenvalue weighted by Gasteiger charge is -2.16. The van der Waals surface area contributed by atoms with E-state index in [1.807, 2.05) is 12.1 Å². The SMILES string of the molecule is COC(=O)CCN(C)C(=O)c1ccc2c(c1)COC2. The number of benzene rings is 1. The molecule has 1 aromatic rings. The molecule has 0 aliphatic carbocycles. The summed E-state index contributed by atoms with van der Waals surface area (Å²) >= 11 is 0. The number of carbonyl (C=O) groups excluding carboxylic acids is 2. The summed E-state index contributed by atoms with van der Waals surface area (Å²) in [6, 6.07) is 5.58. The lowest BCUT2D eigenvalue weighted by molar-refractivity contribution is -0.140. The Morgan fingerprint density at radius 1 is 1.32 bits per heavy atom. The standard InChI is InChI=1S/C14H17NO4/c1-15(6-5-13(16)18-2)14(17)10-3-4-11-8-19-9-12(11)7-10/h3-4,7H,5-6,8-9H2,1-2H3. The van der Waals surface area contributed by atoms with E-state index in [0.29, 0.717) is 25.3 Å². The molecule has 1 aliphatic heterocycles. The summed E-state index contributed by atoms with van der Waals surface area (Å²) in [7, 11) is 3.01. The number of nitrogens with zero attached hydrogens (tertiary/aromatic N) is 1. The Morgan fingerprint density at radius 2 is 2.05 bits per heavy atom. The molecule has 0 spiro atoms. The van der Waals surface area contributed by atoms with E-state index >= 15 is 0 Å². The third-order valence-electron chi connectivity index (χ3n) is 3.19. The zero-order valence-electron chi connectivity index (χ0n) is 11.1. The number of esters is 1.